The van der Waals surface area contributed by atoms with Crippen LogP contribution in [0.3, 0.4) is 0 Å². The summed E-state index contributed by atoms with van der Waals surface area (Å²) >= 11 is 6.37. The lowest BCUT2D eigenvalue weighted by Crippen LogP contribution is -2.30. The van der Waals surface area contributed by atoms with Crippen molar-refractivity contribution < 1.29 is 22.6 Å². The molecule has 3 heterocycles. The number of hydrogen-bond acceptors (Lipinski definition) is 9. The van der Waals surface area contributed by atoms with E-state index in [1.165, 1.54) is 67.4 Å². The van der Waals surface area contributed by atoms with E-state index in [4.69, 9.17) is 35.8 Å². The van der Waals surface area contributed by atoms with Crippen LogP contribution in [0.2, 0.25) is 5.02 Å². The van der Waals surface area contributed by atoms with Crippen molar-refractivity contribution in [3.05, 3.63) is 107 Å². The average Bonchev–Trinajstić information content (AvgIpc) is 3.77. The molecule has 1 N–H and O–H groups in total. The first-order valence-corrected chi connectivity index (χ1v) is 22.8. The number of sulfonamides is 1. The van der Waals surface area contributed by atoms with E-state index in [-0.39, 0.29) is 4.90 Å². The Bertz CT molecular complexity index is 2440. The van der Waals surface area contributed by atoms with Crippen LogP contribution < -0.4 is 14.8 Å². The number of hydrogen-bond donors (Lipinski definition) is 1. The summed E-state index contributed by atoms with van der Waals surface area (Å²) < 4.78 is 48.0. The van der Waals surface area contributed by atoms with Crippen molar-refractivity contribution in [1.29, 1.82) is 0 Å². The smallest absolute Gasteiger partial charge is 0.242 e. The topological polar surface area (TPSA) is 116 Å². The van der Waals surface area contributed by atoms with Gasteiger partial charge in [-0.05, 0) is 119 Å². The third-order valence-corrected chi connectivity index (χ3v) is 12.8. The van der Waals surface area contributed by atoms with Crippen LogP contribution in [-0.4, -0.2) is 90.3 Å². The number of halogens is 1. The minimum atomic E-state index is -3.54. The fraction of sp³-hybridized carbons (Fsp3) is 0.435. The Hall–Kier alpha value is -4.66. The van der Waals surface area contributed by atoms with Crippen molar-refractivity contribution in [1.82, 2.24) is 28.3 Å². The number of nitrogens with zero attached hydrogens (tertiary/aromatic N) is 6. The van der Waals surface area contributed by atoms with Crippen molar-refractivity contribution in [2.45, 2.75) is 84.5 Å². The second-order valence-corrected chi connectivity index (χ2v) is 17.8. The first kappa shape index (κ1) is 44.9. The standard InChI is InChI=1S/C23H31ClN4O4S.C23H29N3O/c1-5-12-28-21-11-10-17(33(29,30)27(3)4)15-20(21)26-22(28)16-25-19-9-7-8-18(24)23(19)32-14-13-31-6-2;1-18-10-11-20(16-19(18)2)27-15-14-26-22-9-5-4-8-21(22)24-23(26)17-25-12-6-3-7-13-25/h7-11,15,25H,5-6,12-14,16H2,1-4H3;4-5,8-11,16H,3,6-7,12-15,17H2,1-2H3. The van der Waals surface area contributed by atoms with E-state index < -0.39 is 10.0 Å². The molecule has 1 aliphatic rings. The predicted octanol–water partition coefficient (Wildman–Crippen LogP) is 9.10. The second kappa shape index (κ2) is 21.2. The molecule has 14 heteroatoms. The van der Waals surface area contributed by atoms with Gasteiger partial charge in [-0.1, -0.05) is 49.2 Å². The van der Waals surface area contributed by atoms with Gasteiger partial charge in [-0.15, -0.1) is 0 Å². The number of benzene rings is 4. The largest absolute Gasteiger partial charge is 0.492 e. The summed E-state index contributed by atoms with van der Waals surface area (Å²) in [5.74, 6) is 3.46. The van der Waals surface area contributed by atoms with Gasteiger partial charge >= 0.3 is 0 Å². The van der Waals surface area contributed by atoms with Crippen LogP contribution in [0.15, 0.2) is 83.8 Å². The molecular weight excluding hydrogens is 798 g/mol. The summed E-state index contributed by atoms with van der Waals surface area (Å²) in [6.07, 6.45) is 4.88. The molecule has 0 radical (unpaired) electrons. The van der Waals surface area contributed by atoms with Gasteiger partial charge in [0.25, 0.3) is 0 Å². The zero-order valence-corrected chi connectivity index (χ0v) is 37.5. The molecule has 6 aromatic rings. The molecule has 322 valence electrons. The zero-order valence-electron chi connectivity index (χ0n) is 35.9. The Morgan fingerprint density at radius 2 is 1.52 bits per heavy atom. The van der Waals surface area contributed by atoms with Gasteiger partial charge in [0.05, 0.1) is 63.9 Å². The van der Waals surface area contributed by atoms with Crippen LogP contribution in [0.5, 0.6) is 11.5 Å². The van der Waals surface area contributed by atoms with E-state index in [1.54, 1.807) is 18.2 Å². The quantitative estimate of drug-likeness (QED) is 0.0846. The van der Waals surface area contributed by atoms with Crippen LogP contribution in [-0.2, 0) is 40.9 Å². The summed E-state index contributed by atoms with van der Waals surface area (Å²) in [7, 11) is -0.501. The molecule has 4 aromatic carbocycles. The van der Waals surface area contributed by atoms with E-state index >= 15 is 0 Å². The molecule has 0 saturated carbocycles. The highest BCUT2D eigenvalue weighted by atomic mass is 35.5. The normalized spacial score (nSPS) is 13.5. The molecule has 0 aliphatic carbocycles. The SMILES string of the molecule is CCCn1c(CNc2cccc(Cl)c2OCCOCC)nc2cc(S(=O)(=O)N(C)C)ccc21.Cc1ccc(OCCn2c(CN3CCCCC3)nc3ccccc32)cc1C. The van der Waals surface area contributed by atoms with Crippen molar-refractivity contribution in [3.8, 4) is 11.5 Å². The number of anilines is 1. The minimum Gasteiger partial charge on any atom is -0.492 e. The van der Waals surface area contributed by atoms with E-state index in [0.29, 0.717) is 49.3 Å². The first-order chi connectivity index (χ1) is 29.0. The highest BCUT2D eigenvalue weighted by Gasteiger charge is 2.21. The molecule has 1 fully saturated rings. The van der Waals surface area contributed by atoms with Gasteiger partial charge < -0.3 is 28.7 Å². The van der Waals surface area contributed by atoms with Crippen LogP contribution in [0.25, 0.3) is 22.1 Å². The van der Waals surface area contributed by atoms with Gasteiger partial charge in [0.1, 0.15) is 30.6 Å². The summed E-state index contributed by atoms with van der Waals surface area (Å²) in [6, 6.07) is 25.3. The lowest BCUT2D eigenvalue weighted by Gasteiger charge is -2.26. The molecule has 0 amide bonds. The minimum absolute atomic E-state index is 0.223. The van der Waals surface area contributed by atoms with Gasteiger partial charge in [0.15, 0.2) is 5.75 Å². The number of imidazole rings is 2. The highest BCUT2D eigenvalue weighted by Crippen LogP contribution is 2.33. The van der Waals surface area contributed by atoms with Gasteiger partial charge in [-0.3, -0.25) is 4.90 Å². The molecule has 1 saturated heterocycles. The number of piperidine rings is 1. The Morgan fingerprint density at radius 3 is 2.27 bits per heavy atom. The molecule has 0 spiro atoms. The highest BCUT2D eigenvalue weighted by molar-refractivity contribution is 7.89. The Morgan fingerprint density at radius 1 is 0.767 bits per heavy atom. The molecule has 2 aromatic heterocycles. The Labute approximate surface area is 360 Å². The lowest BCUT2D eigenvalue weighted by molar-refractivity contribution is 0.110. The number of aromatic nitrogens is 4. The van der Waals surface area contributed by atoms with Crippen LogP contribution in [0.1, 0.15) is 62.3 Å². The monoisotopic (exact) mass is 857 g/mol. The van der Waals surface area contributed by atoms with E-state index in [1.807, 2.05) is 25.1 Å². The van der Waals surface area contributed by atoms with Gasteiger partial charge in [0.2, 0.25) is 10.0 Å². The van der Waals surface area contributed by atoms with Crippen LogP contribution >= 0.6 is 11.6 Å². The number of fused-ring (bicyclic) bond motifs is 2. The summed E-state index contributed by atoms with van der Waals surface area (Å²) in [5.41, 5.74) is 7.14. The molecule has 60 heavy (non-hydrogen) atoms. The maximum atomic E-state index is 12.5. The van der Waals surface area contributed by atoms with Crippen molar-refractivity contribution in [2.75, 3.05) is 58.9 Å². The molecule has 0 atom stereocenters. The molecule has 0 unspecified atom stereocenters. The fourth-order valence-corrected chi connectivity index (χ4v) is 8.48. The van der Waals surface area contributed by atoms with Gasteiger partial charge in [-0.2, -0.15) is 0 Å². The molecule has 12 nitrogen and oxygen atoms in total. The maximum absolute atomic E-state index is 12.5. The summed E-state index contributed by atoms with van der Waals surface area (Å²) in [4.78, 5) is 12.4. The van der Waals surface area contributed by atoms with Gasteiger partial charge in [-0.25, -0.2) is 22.7 Å². The summed E-state index contributed by atoms with van der Waals surface area (Å²) in [5, 5.41) is 3.89. The number of aryl methyl sites for hydroxylation is 3. The van der Waals surface area contributed by atoms with Crippen molar-refractivity contribution >= 4 is 49.4 Å². The number of para-hydroxylation sites is 3. The third kappa shape index (κ3) is 11.2. The summed E-state index contributed by atoms with van der Waals surface area (Å²) in [6.45, 7) is 15.7. The van der Waals surface area contributed by atoms with Gasteiger partial charge in [0, 0.05) is 27.2 Å². The Kier molecular flexibility index (Phi) is 15.9. The molecular formula is C46H60ClN7O5S. The number of ether oxygens (including phenoxy) is 3. The van der Waals surface area contributed by atoms with Crippen molar-refractivity contribution in [2.24, 2.45) is 0 Å². The fourth-order valence-electron chi connectivity index (χ4n) is 7.33. The molecule has 7 rings (SSSR count). The van der Waals surface area contributed by atoms with E-state index in [9.17, 15) is 8.42 Å². The lowest BCUT2D eigenvalue weighted by atomic mass is 10.1. The van der Waals surface area contributed by atoms with E-state index in [0.717, 1.165) is 60.2 Å². The molecule has 0 bridgehead atoms. The number of nitrogens with one attached hydrogen (secondary N) is 1. The Balaban J connectivity index is 0.000000205. The van der Waals surface area contributed by atoms with E-state index in [2.05, 4.69) is 82.6 Å². The predicted molar refractivity (Wildman–Crippen MR) is 242 cm³/mol. The van der Waals surface area contributed by atoms with Crippen LogP contribution in [0, 0.1) is 13.8 Å². The number of likely N-dealkylation sites (tertiary alicyclic amines) is 1. The first-order valence-electron chi connectivity index (χ1n) is 21.0. The molecule has 1 aliphatic heterocycles. The number of rotatable bonds is 18. The van der Waals surface area contributed by atoms with Crippen molar-refractivity contribution in [3.63, 3.8) is 0 Å². The third-order valence-electron chi connectivity index (χ3n) is 10.7. The van der Waals surface area contributed by atoms with Crippen LogP contribution in [0.4, 0.5) is 5.69 Å². The average molecular weight is 859 g/mol. The maximum Gasteiger partial charge on any atom is 0.242 e. The second-order valence-electron chi connectivity index (χ2n) is 15.2. The zero-order chi connectivity index (χ0) is 42.6.